The third-order valence-corrected chi connectivity index (χ3v) is 5.72. The van der Waals surface area contributed by atoms with Gasteiger partial charge >= 0.3 is 12.3 Å². The van der Waals surface area contributed by atoms with Crippen molar-refractivity contribution in [2.24, 2.45) is 0 Å². The van der Waals surface area contributed by atoms with Gasteiger partial charge in [0.25, 0.3) is 0 Å². The Balaban J connectivity index is 1.28. The average Bonchev–Trinajstić information content (AvgIpc) is 3.15. The highest BCUT2D eigenvalue weighted by molar-refractivity contribution is 5.79. The van der Waals surface area contributed by atoms with Gasteiger partial charge in [-0.2, -0.15) is 18.4 Å². The lowest BCUT2D eigenvalue weighted by Crippen LogP contribution is -2.26. The number of hydrogen-bond donors (Lipinski definition) is 1. The summed E-state index contributed by atoms with van der Waals surface area (Å²) in [5, 5.41) is 11.8. The average molecular weight is 462 g/mol. The minimum Gasteiger partial charge on any atom is -0.449 e. The van der Waals surface area contributed by atoms with Crippen LogP contribution in [0, 0.1) is 11.3 Å². The van der Waals surface area contributed by atoms with Gasteiger partial charge in [-0.05, 0) is 46.4 Å². The maximum absolute atomic E-state index is 12.8. The number of nitrogens with one attached hydrogen (secondary N) is 1. The zero-order valence-corrected chi connectivity index (χ0v) is 18.1. The van der Waals surface area contributed by atoms with Gasteiger partial charge in [0.15, 0.2) is 0 Å². The van der Waals surface area contributed by atoms with E-state index in [0.29, 0.717) is 12.0 Å². The molecule has 1 aliphatic carbocycles. The van der Waals surface area contributed by atoms with Crippen LogP contribution in [0.2, 0.25) is 0 Å². The maximum atomic E-state index is 12.8. The molecule has 0 fully saturated rings. The van der Waals surface area contributed by atoms with E-state index in [9.17, 15) is 18.0 Å². The van der Waals surface area contributed by atoms with Gasteiger partial charge in [0.05, 0.1) is 17.2 Å². The molecule has 0 radical (unpaired) electrons. The molecule has 3 aromatic rings. The summed E-state index contributed by atoms with van der Waals surface area (Å²) < 4.78 is 43.8. The number of amides is 1. The summed E-state index contributed by atoms with van der Waals surface area (Å²) in [5.74, 6) is -0.0258. The predicted octanol–water partition coefficient (Wildman–Crippen LogP) is 6.52. The Bertz CT molecular complexity index is 1230. The molecule has 0 saturated carbocycles. The van der Waals surface area contributed by atoms with Crippen LogP contribution in [0.1, 0.15) is 40.2 Å². The largest absolute Gasteiger partial charge is 0.449 e. The predicted molar refractivity (Wildman–Crippen MR) is 123 cm³/mol. The molecule has 0 aromatic heterocycles. The third kappa shape index (κ3) is 4.96. The second-order valence-electron chi connectivity index (χ2n) is 7.85. The van der Waals surface area contributed by atoms with Gasteiger partial charge in [-0.15, -0.1) is 0 Å². The van der Waals surface area contributed by atoms with E-state index in [2.05, 4.69) is 17.4 Å². The zero-order valence-electron chi connectivity index (χ0n) is 18.1. The maximum Gasteiger partial charge on any atom is 0.416 e. The van der Waals surface area contributed by atoms with Crippen molar-refractivity contribution in [3.05, 3.63) is 101 Å². The molecule has 3 aromatic carbocycles. The Labute approximate surface area is 195 Å². The highest BCUT2D eigenvalue weighted by Crippen LogP contribution is 2.44. The molecule has 0 saturated heterocycles. The van der Waals surface area contributed by atoms with Crippen molar-refractivity contribution in [2.75, 3.05) is 13.2 Å². The SMILES string of the molecule is N#Cc1cc(C(F)(F)F)ccc1C=CCCNC(=O)OCC1c2ccccc2-c2ccccc21. The molecular weight excluding hydrogens is 441 g/mol. The first-order valence-corrected chi connectivity index (χ1v) is 10.7. The van der Waals surface area contributed by atoms with Crippen LogP contribution in [0.25, 0.3) is 17.2 Å². The van der Waals surface area contributed by atoms with Gasteiger partial charge in [-0.3, -0.25) is 0 Å². The van der Waals surface area contributed by atoms with Crippen molar-refractivity contribution in [2.45, 2.75) is 18.5 Å². The lowest BCUT2D eigenvalue weighted by atomic mass is 9.98. The number of fused-ring (bicyclic) bond motifs is 3. The number of benzene rings is 3. The highest BCUT2D eigenvalue weighted by atomic mass is 19.4. The third-order valence-electron chi connectivity index (χ3n) is 5.72. The molecule has 0 bridgehead atoms. The first-order valence-electron chi connectivity index (χ1n) is 10.7. The van der Waals surface area contributed by atoms with Crippen molar-refractivity contribution < 1.29 is 22.7 Å². The van der Waals surface area contributed by atoms with E-state index in [-0.39, 0.29) is 24.6 Å². The molecule has 0 heterocycles. The zero-order chi connectivity index (χ0) is 24.1. The number of halogens is 3. The van der Waals surface area contributed by atoms with Crippen LogP contribution in [0.3, 0.4) is 0 Å². The number of carbonyl (C=O) groups excluding carboxylic acids is 1. The molecule has 1 N–H and O–H groups in total. The standard InChI is InChI=1S/C27H21F3N2O2/c28-27(29,30)20-13-12-18(19(15-20)16-31)7-5-6-14-32-26(33)34-17-25-23-10-3-1-8-21(23)22-9-2-4-11-24(22)25/h1-5,7-13,15,25H,6,14,17H2,(H,32,33). The molecule has 172 valence electrons. The molecular formula is C27H21F3N2O2. The van der Waals surface area contributed by atoms with Gasteiger partial charge < -0.3 is 10.1 Å². The van der Waals surface area contributed by atoms with Crippen molar-refractivity contribution in [1.82, 2.24) is 5.32 Å². The number of nitriles is 1. The van der Waals surface area contributed by atoms with Gasteiger partial charge in [-0.25, -0.2) is 4.79 Å². The van der Waals surface area contributed by atoms with E-state index in [1.165, 1.54) is 6.07 Å². The van der Waals surface area contributed by atoms with Crippen LogP contribution >= 0.6 is 0 Å². The van der Waals surface area contributed by atoms with Crippen molar-refractivity contribution in [3.8, 4) is 17.2 Å². The molecule has 1 amide bonds. The molecule has 4 rings (SSSR count). The fraction of sp³-hybridized carbons (Fsp3) is 0.185. The molecule has 7 heteroatoms. The van der Waals surface area contributed by atoms with E-state index in [1.54, 1.807) is 18.2 Å². The van der Waals surface area contributed by atoms with Crippen LogP contribution in [0.15, 0.2) is 72.8 Å². The van der Waals surface area contributed by atoms with Gasteiger partial charge in [0.2, 0.25) is 0 Å². The van der Waals surface area contributed by atoms with Crippen LogP contribution < -0.4 is 5.32 Å². The molecule has 0 aliphatic heterocycles. The summed E-state index contributed by atoms with van der Waals surface area (Å²) in [7, 11) is 0. The first kappa shape index (κ1) is 23.1. The Morgan fingerprint density at radius 1 is 1.03 bits per heavy atom. The van der Waals surface area contributed by atoms with Crippen molar-refractivity contribution in [3.63, 3.8) is 0 Å². The summed E-state index contributed by atoms with van der Waals surface area (Å²) in [6, 6.07) is 21.0. The highest BCUT2D eigenvalue weighted by Gasteiger charge is 2.31. The number of carbonyl (C=O) groups is 1. The number of alkyl carbamates (subject to hydrolysis) is 1. The monoisotopic (exact) mass is 462 g/mol. The second kappa shape index (κ2) is 9.84. The summed E-state index contributed by atoms with van der Waals surface area (Å²) in [6.45, 7) is 0.502. The number of alkyl halides is 3. The van der Waals surface area contributed by atoms with E-state index in [0.717, 1.165) is 34.4 Å². The molecule has 0 unspecified atom stereocenters. The quantitative estimate of drug-likeness (QED) is 0.424. The Kier molecular flexibility index (Phi) is 6.69. The molecule has 1 aliphatic rings. The normalized spacial score (nSPS) is 12.8. The Morgan fingerprint density at radius 2 is 1.68 bits per heavy atom. The summed E-state index contributed by atoms with van der Waals surface area (Å²) in [5.41, 5.74) is 4.02. The van der Waals surface area contributed by atoms with E-state index >= 15 is 0 Å². The lowest BCUT2D eigenvalue weighted by molar-refractivity contribution is -0.137. The minimum absolute atomic E-state index is 0.0258. The first-order chi connectivity index (χ1) is 16.4. The van der Waals surface area contributed by atoms with Crippen LogP contribution in [-0.2, 0) is 10.9 Å². The van der Waals surface area contributed by atoms with Gasteiger partial charge in [-0.1, -0.05) is 66.7 Å². The fourth-order valence-corrected chi connectivity index (χ4v) is 4.09. The van der Waals surface area contributed by atoms with Gasteiger partial charge in [0, 0.05) is 12.5 Å². The lowest BCUT2D eigenvalue weighted by Gasteiger charge is -2.14. The van der Waals surface area contributed by atoms with Crippen LogP contribution in [0.4, 0.5) is 18.0 Å². The second-order valence-corrected chi connectivity index (χ2v) is 7.85. The molecule has 34 heavy (non-hydrogen) atoms. The summed E-state index contributed by atoms with van der Waals surface area (Å²) in [6.07, 6.45) is -1.36. The summed E-state index contributed by atoms with van der Waals surface area (Å²) in [4.78, 5) is 12.2. The minimum atomic E-state index is -4.50. The van der Waals surface area contributed by atoms with Gasteiger partial charge in [0.1, 0.15) is 6.61 Å². The molecule has 0 atom stereocenters. The number of ether oxygens (including phenoxy) is 1. The molecule has 0 spiro atoms. The van der Waals surface area contributed by atoms with Crippen molar-refractivity contribution >= 4 is 12.2 Å². The topological polar surface area (TPSA) is 62.1 Å². The van der Waals surface area contributed by atoms with Crippen molar-refractivity contribution in [1.29, 1.82) is 5.26 Å². The molecule has 4 nitrogen and oxygen atoms in total. The number of rotatable bonds is 6. The number of nitrogens with zero attached hydrogens (tertiary/aromatic N) is 1. The Morgan fingerprint density at radius 3 is 2.29 bits per heavy atom. The number of hydrogen-bond acceptors (Lipinski definition) is 3. The van der Waals surface area contributed by atoms with E-state index in [1.807, 2.05) is 36.4 Å². The van der Waals surface area contributed by atoms with E-state index in [4.69, 9.17) is 10.00 Å². The Hall–Kier alpha value is -4.05. The smallest absolute Gasteiger partial charge is 0.416 e. The van der Waals surface area contributed by atoms with Crippen LogP contribution in [-0.4, -0.2) is 19.2 Å². The summed E-state index contributed by atoms with van der Waals surface area (Å²) >= 11 is 0. The fourth-order valence-electron chi connectivity index (χ4n) is 4.09. The van der Waals surface area contributed by atoms with E-state index < -0.39 is 17.8 Å². The van der Waals surface area contributed by atoms with Crippen LogP contribution in [0.5, 0.6) is 0 Å².